The SMILES string of the molecule is COC(=O)C[C@H](N(C)Cc1ccccc1)C(C)(C)C. The molecule has 1 atom stereocenters. The second-order valence-corrected chi connectivity index (χ2v) is 6.06. The maximum absolute atomic E-state index is 11.6. The summed E-state index contributed by atoms with van der Waals surface area (Å²) >= 11 is 0. The van der Waals surface area contributed by atoms with Gasteiger partial charge in [0.2, 0.25) is 0 Å². The molecular weight excluding hydrogens is 238 g/mol. The molecule has 0 N–H and O–H groups in total. The van der Waals surface area contributed by atoms with Crippen LogP contribution in [0.15, 0.2) is 30.3 Å². The summed E-state index contributed by atoms with van der Waals surface area (Å²) in [6.07, 6.45) is 0.420. The summed E-state index contributed by atoms with van der Waals surface area (Å²) < 4.78 is 4.81. The van der Waals surface area contributed by atoms with Crippen molar-refractivity contribution in [2.75, 3.05) is 14.2 Å². The fraction of sp³-hybridized carbons (Fsp3) is 0.562. The van der Waals surface area contributed by atoms with Crippen LogP contribution in [0.3, 0.4) is 0 Å². The van der Waals surface area contributed by atoms with Gasteiger partial charge >= 0.3 is 5.97 Å². The van der Waals surface area contributed by atoms with Gasteiger partial charge in [0.1, 0.15) is 0 Å². The Balaban J connectivity index is 2.77. The normalized spacial score (nSPS) is 13.4. The van der Waals surface area contributed by atoms with Crippen molar-refractivity contribution >= 4 is 5.97 Å². The van der Waals surface area contributed by atoms with E-state index >= 15 is 0 Å². The molecule has 1 aromatic rings. The standard InChI is InChI=1S/C16H25NO2/c1-16(2,3)14(11-15(18)19-5)17(4)12-13-9-7-6-8-10-13/h6-10,14H,11-12H2,1-5H3/t14-/m0/s1. The van der Waals surface area contributed by atoms with E-state index in [1.165, 1.54) is 12.7 Å². The number of nitrogens with zero attached hydrogens (tertiary/aromatic N) is 1. The highest BCUT2D eigenvalue weighted by Gasteiger charge is 2.30. The van der Waals surface area contributed by atoms with E-state index in [2.05, 4.69) is 44.9 Å². The summed E-state index contributed by atoms with van der Waals surface area (Å²) in [4.78, 5) is 13.8. The molecule has 1 rings (SSSR count). The number of benzene rings is 1. The molecule has 0 aromatic heterocycles. The Morgan fingerprint density at radius 2 is 1.84 bits per heavy atom. The van der Waals surface area contributed by atoms with Gasteiger partial charge in [-0.05, 0) is 18.0 Å². The van der Waals surface area contributed by atoms with Gasteiger partial charge in [-0.15, -0.1) is 0 Å². The zero-order valence-electron chi connectivity index (χ0n) is 12.6. The number of carbonyl (C=O) groups is 1. The molecule has 0 aliphatic rings. The minimum absolute atomic E-state index is 0.0255. The van der Waals surface area contributed by atoms with Gasteiger partial charge in [0.15, 0.2) is 0 Å². The van der Waals surface area contributed by atoms with Crippen molar-refractivity contribution in [1.82, 2.24) is 4.90 Å². The molecule has 0 heterocycles. The van der Waals surface area contributed by atoms with Crippen LogP contribution < -0.4 is 0 Å². The van der Waals surface area contributed by atoms with Gasteiger partial charge in [-0.3, -0.25) is 9.69 Å². The molecule has 0 aliphatic carbocycles. The van der Waals surface area contributed by atoms with Gasteiger partial charge in [-0.25, -0.2) is 0 Å². The molecule has 3 nitrogen and oxygen atoms in total. The molecule has 1 aromatic carbocycles. The van der Waals surface area contributed by atoms with Gasteiger partial charge in [-0.1, -0.05) is 51.1 Å². The van der Waals surface area contributed by atoms with Gasteiger partial charge in [0.05, 0.1) is 13.5 Å². The molecule has 0 spiro atoms. The lowest BCUT2D eigenvalue weighted by atomic mass is 9.83. The van der Waals surface area contributed by atoms with E-state index in [0.29, 0.717) is 6.42 Å². The largest absolute Gasteiger partial charge is 0.469 e. The van der Waals surface area contributed by atoms with Crippen molar-refractivity contribution in [2.45, 2.75) is 39.8 Å². The first kappa shape index (κ1) is 15.7. The van der Waals surface area contributed by atoms with Crippen LogP contribution in [0.4, 0.5) is 0 Å². The third kappa shape index (κ3) is 5.03. The van der Waals surface area contributed by atoms with E-state index in [1.807, 2.05) is 18.2 Å². The molecule has 0 radical (unpaired) electrons. The summed E-state index contributed by atoms with van der Waals surface area (Å²) in [5.74, 6) is -0.153. The highest BCUT2D eigenvalue weighted by atomic mass is 16.5. The van der Waals surface area contributed by atoms with Crippen molar-refractivity contribution in [3.8, 4) is 0 Å². The average molecular weight is 263 g/mol. The van der Waals surface area contributed by atoms with Crippen LogP contribution in [0.2, 0.25) is 0 Å². The lowest BCUT2D eigenvalue weighted by Crippen LogP contribution is -2.43. The van der Waals surface area contributed by atoms with E-state index in [0.717, 1.165) is 6.54 Å². The highest BCUT2D eigenvalue weighted by Crippen LogP contribution is 2.27. The van der Waals surface area contributed by atoms with Crippen molar-refractivity contribution in [2.24, 2.45) is 5.41 Å². The Labute approximate surface area is 116 Å². The molecule has 0 aliphatic heterocycles. The number of ether oxygens (including phenoxy) is 1. The van der Waals surface area contributed by atoms with Crippen LogP contribution in [0.1, 0.15) is 32.8 Å². The molecule has 0 bridgehead atoms. The van der Waals surface area contributed by atoms with Crippen molar-refractivity contribution < 1.29 is 9.53 Å². The summed E-state index contributed by atoms with van der Waals surface area (Å²) in [6, 6.07) is 10.5. The molecule has 0 fully saturated rings. The molecule has 0 amide bonds. The number of methoxy groups -OCH3 is 1. The maximum atomic E-state index is 11.6. The summed E-state index contributed by atoms with van der Waals surface area (Å²) in [6.45, 7) is 7.30. The van der Waals surface area contributed by atoms with Gasteiger partial charge < -0.3 is 4.74 Å². The molecule has 19 heavy (non-hydrogen) atoms. The van der Waals surface area contributed by atoms with E-state index in [-0.39, 0.29) is 17.4 Å². The number of hydrogen-bond acceptors (Lipinski definition) is 3. The zero-order chi connectivity index (χ0) is 14.5. The predicted octanol–water partition coefficient (Wildman–Crippen LogP) is 3.10. The van der Waals surface area contributed by atoms with Crippen LogP contribution in [-0.2, 0) is 16.1 Å². The first-order chi connectivity index (χ1) is 8.84. The van der Waals surface area contributed by atoms with Crippen LogP contribution in [-0.4, -0.2) is 31.1 Å². The van der Waals surface area contributed by atoms with Gasteiger partial charge in [0.25, 0.3) is 0 Å². The lowest BCUT2D eigenvalue weighted by Gasteiger charge is -2.37. The van der Waals surface area contributed by atoms with Gasteiger partial charge in [-0.2, -0.15) is 0 Å². The van der Waals surface area contributed by atoms with Crippen LogP contribution in [0, 0.1) is 5.41 Å². The number of rotatable bonds is 5. The van der Waals surface area contributed by atoms with E-state index in [4.69, 9.17) is 4.74 Å². The Kier molecular flexibility index (Phi) is 5.55. The summed E-state index contributed by atoms with van der Waals surface area (Å²) in [5, 5.41) is 0. The highest BCUT2D eigenvalue weighted by molar-refractivity contribution is 5.70. The Hall–Kier alpha value is -1.35. The van der Waals surface area contributed by atoms with Gasteiger partial charge in [0, 0.05) is 12.6 Å². The molecule has 0 saturated carbocycles. The number of carbonyl (C=O) groups excluding carboxylic acids is 1. The van der Waals surface area contributed by atoms with Crippen molar-refractivity contribution in [1.29, 1.82) is 0 Å². The smallest absolute Gasteiger partial charge is 0.307 e. The quantitative estimate of drug-likeness (QED) is 0.765. The first-order valence-electron chi connectivity index (χ1n) is 6.65. The summed E-state index contributed by atoms with van der Waals surface area (Å²) in [7, 11) is 3.51. The second-order valence-electron chi connectivity index (χ2n) is 6.06. The fourth-order valence-electron chi connectivity index (χ4n) is 2.35. The Morgan fingerprint density at radius 1 is 1.26 bits per heavy atom. The minimum Gasteiger partial charge on any atom is -0.469 e. The topological polar surface area (TPSA) is 29.5 Å². The molecular formula is C16H25NO2. The molecule has 106 valence electrons. The predicted molar refractivity (Wildman–Crippen MR) is 77.8 cm³/mol. The third-order valence-electron chi connectivity index (χ3n) is 3.39. The monoisotopic (exact) mass is 263 g/mol. The van der Waals surface area contributed by atoms with Crippen molar-refractivity contribution in [3.05, 3.63) is 35.9 Å². The molecule has 0 saturated heterocycles. The Bertz CT molecular complexity index is 395. The maximum Gasteiger partial charge on any atom is 0.307 e. The van der Waals surface area contributed by atoms with E-state index in [9.17, 15) is 4.79 Å². The van der Waals surface area contributed by atoms with Crippen molar-refractivity contribution in [3.63, 3.8) is 0 Å². The molecule has 0 unspecified atom stereocenters. The van der Waals surface area contributed by atoms with E-state index < -0.39 is 0 Å². The summed E-state index contributed by atoms with van der Waals surface area (Å²) in [5.41, 5.74) is 1.28. The zero-order valence-corrected chi connectivity index (χ0v) is 12.6. The second kappa shape index (κ2) is 6.71. The van der Waals surface area contributed by atoms with Crippen LogP contribution in [0.25, 0.3) is 0 Å². The Morgan fingerprint density at radius 3 is 2.32 bits per heavy atom. The number of esters is 1. The third-order valence-corrected chi connectivity index (χ3v) is 3.39. The van der Waals surface area contributed by atoms with Crippen LogP contribution >= 0.6 is 0 Å². The number of hydrogen-bond donors (Lipinski definition) is 0. The van der Waals surface area contributed by atoms with E-state index in [1.54, 1.807) is 0 Å². The fourth-order valence-corrected chi connectivity index (χ4v) is 2.35. The molecule has 3 heteroatoms. The average Bonchev–Trinajstić information content (AvgIpc) is 2.35. The van der Waals surface area contributed by atoms with Crippen LogP contribution in [0.5, 0.6) is 0 Å². The first-order valence-corrected chi connectivity index (χ1v) is 6.65. The minimum atomic E-state index is -0.153. The lowest BCUT2D eigenvalue weighted by molar-refractivity contribution is -0.143.